The predicted molar refractivity (Wildman–Crippen MR) is 96.8 cm³/mol. The summed E-state index contributed by atoms with van der Waals surface area (Å²) in [7, 11) is 1.56. The third-order valence-corrected chi connectivity index (χ3v) is 3.47. The number of phenolic OH excluding ortho intramolecular Hbond substituents is 1. The smallest absolute Gasteiger partial charge is 0.189 e. The molecule has 132 valence electrons. The topological polar surface area (TPSA) is 65.0 Å². The van der Waals surface area contributed by atoms with Crippen molar-refractivity contribution in [3.05, 3.63) is 53.6 Å². The Kier molecular flexibility index (Phi) is 6.46. The molecule has 25 heavy (non-hydrogen) atoms. The van der Waals surface area contributed by atoms with Crippen molar-refractivity contribution in [1.82, 2.24) is 0 Å². The van der Waals surface area contributed by atoms with E-state index in [1.54, 1.807) is 43.5 Å². The molecule has 0 bridgehead atoms. The standard InChI is InChI=1S/C20H22O5/c1-4-24-19-12-15(21)8-6-14(19)7-11-18(22)17-10-9-16(23-3)13-20(17)25-5-2/h6-13,21H,4-5H2,1-3H3. The van der Waals surface area contributed by atoms with Crippen molar-refractivity contribution in [3.63, 3.8) is 0 Å². The van der Waals surface area contributed by atoms with Gasteiger partial charge < -0.3 is 19.3 Å². The number of carbonyl (C=O) groups excluding carboxylic acids is 1. The molecule has 0 saturated carbocycles. The number of carbonyl (C=O) groups is 1. The van der Waals surface area contributed by atoms with Gasteiger partial charge in [0.25, 0.3) is 0 Å². The fourth-order valence-corrected chi connectivity index (χ4v) is 2.30. The van der Waals surface area contributed by atoms with Gasteiger partial charge in [-0.05, 0) is 50.3 Å². The Morgan fingerprint density at radius 3 is 2.44 bits per heavy atom. The number of benzene rings is 2. The fourth-order valence-electron chi connectivity index (χ4n) is 2.30. The number of hydrogen-bond donors (Lipinski definition) is 1. The molecule has 0 spiro atoms. The molecule has 5 nitrogen and oxygen atoms in total. The number of methoxy groups -OCH3 is 1. The molecule has 0 aliphatic carbocycles. The van der Waals surface area contributed by atoms with Gasteiger partial charge in [0.05, 0.1) is 25.9 Å². The van der Waals surface area contributed by atoms with E-state index in [0.717, 1.165) is 0 Å². The Morgan fingerprint density at radius 2 is 1.76 bits per heavy atom. The van der Waals surface area contributed by atoms with Gasteiger partial charge in [0.1, 0.15) is 23.0 Å². The largest absolute Gasteiger partial charge is 0.508 e. The zero-order valence-corrected chi connectivity index (χ0v) is 14.6. The molecule has 5 heteroatoms. The van der Waals surface area contributed by atoms with Crippen LogP contribution in [-0.2, 0) is 0 Å². The lowest BCUT2D eigenvalue weighted by Gasteiger charge is -2.10. The van der Waals surface area contributed by atoms with E-state index in [0.29, 0.717) is 41.6 Å². The number of allylic oxidation sites excluding steroid dienone is 1. The summed E-state index contributed by atoms with van der Waals surface area (Å²) in [6.07, 6.45) is 3.12. The first-order chi connectivity index (χ1) is 12.1. The average Bonchev–Trinajstić information content (AvgIpc) is 2.61. The Morgan fingerprint density at radius 1 is 1.04 bits per heavy atom. The fraction of sp³-hybridized carbons (Fsp3) is 0.250. The van der Waals surface area contributed by atoms with Crippen LogP contribution in [0.5, 0.6) is 23.0 Å². The summed E-state index contributed by atoms with van der Waals surface area (Å²) in [6, 6.07) is 9.85. The van der Waals surface area contributed by atoms with Gasteiger partial charge in [0.15, 0.2) is 5.78 Å². The van der Waals surface area contributed by atoms with Crippen LogP contribution >= 0.6 is 0 Å². The van der Waals surface area contributed by atoms with Crippen LogP contribution in [0.15, 0.2) is 42.5 Å². The van der Waals surface area contributed by atoms with E-state index in [-0.39, 0.29) is 11.5 Å². The Hall–Kier alpha value is -2.95. The van der Waals surface area contributed by atoms with E-state index in [2.05, 4.69) is 0 Å². The number of ether oxygens (including phenoxy) is 3. The molecule has 0 aliphatic rings. The normalized spacial score (nSPS) is 10.7. The Labute approximate surface area is 147 Å². The quantitative estimate of drug-likeness (QED) is 0.578. The van der Waals surface area contributed by atoms with Gasteiger partial charge in [0.2, 0.25) is 0 Å². The average molecular weight is 342 g/mol. The first-order valence-electron chi connectivity index (χ1n) is 8.08. The van der Waals surface area contributed by atoms with Crippen LogP contribution in [0.2, 0.25) is 0 Å². The lowest BCUT2D eigenvalue weighted by molar-refractivity contribution is 0.104. The number of aromatic hydroxyl groups is 1. The van der Waals surface area contributed by atoms with Crippen molar-refractivity contribution in [1.29, 1.82) is 0 Å². The van der Waals surface area contributed by atoms with E-state index < -0.39 is 0 Å². The second-order valence-electron chi connectivity index (χ2n) is 5.15. The highest BCUT2D eigenvalue weighted by Gasteiger charge is 2.12. The predicted octanol–water partition coefficient (Wildman–Crippen LogP) is 4.09. The summed E-state index contributed by atoms with van der Waals surface area (Å²) >= 11 is 0. The van der Waals surface area contributed by atoms with Gasteiger partial charge in [-0.1, -0.05) is 0 Å². The Balaban J connectivity index is 2.29. The lowest BCUT2D eigenvalue weighted by atomic mass is 10.1. The molecule has 1 N–H and O–H groups in total. The second kappa shape index (κ2) is 8.78. The number of hydrogen-bond acceptors (Lipinski definition) is 5. The number of rotatable bonds is 8. The SMILES string of the molecule is CCOc1cc(O)ccc1C=CC(=O)c1ccc(OC)cc1OCC. The van der Waals surface area contributed by atoms with E-state index >= 15 is 0 Å². The van der Waals surface area contributed by atoms with Crippen LogP contribution in [0, 0.1) is 0 Å². The second-order valence-corrected chi connectivity index (χ2v) is 5.15. The molecular weight excluding hydrogens is 320 g/mol. The monoisotopic (exact) mass is 342 g/mol. The lowest BCUT2D eigenvalue weighted by Crippen LogP contribution is -2.02. The summed E-state index contributed by atoms with van der Waals surface area (Å²) in [5.41, 5.74) is 1.16. The Bertz CT molecular complexity index is 765. The molecule has 0 unspecified atom stereocenters. The van der Waals surface area contributed by atoms with Crippen LogP contribution in [-0.4, -0.2) is 31.2 Å². The zero-order chi connectivity index (χ0) is 18.2. The minimum Gasteiger partial charge on any atom is -0.508 e. The van der Waals surface area contributed by atoms with Crippen molar-refractivity contribution < 1.29 is 24.1 Å². The maximum Gasteiger partial charge on any atom is 0.189 e. The molecule has 0 aromatic heterocycles. The third-order valence-electron chi connectivity index (χ3n) is 3.47. The van der Waals surface area contributed by atoms with Crippen molar-refractivity contribution in [2.45, 2.75) is 13.8 Å². The van der Waals surface area contributed by atoms with Gasteiger partial charge in [-0.3, -0.25) is 4.79 Å². The van der Waals surface area contributed by atoms with Crippen molar-refractivity contribution in [2.24, 2.45) is 0 Å². The summed E-state index contributed by atoms with van der Waals surface area (Å²) in [6.45, 7) is 4.62. The van der Waals surface area contributed by atoms with Gasteiger partial charge in [0, 0.05) is 17.7 Å². The summed E-state index contributed by atoms with van der Waals surface area (Å²) < 4.78 is 16.2. The van der Waals surface area contributed by atoms with Crippen LogP contribution in [0.3, 0.4) is 0 Å². The van der Waals surface area contributed by atoms with Gasteiger partial charge in [-0.2, -0.15) is 0 Å². The van der Waals surface area contributed by atoms with Gasteiger partial charge in [-0.25, -0.2) is 0 Å². The molecule has 2 aromatic rings. The van der Waals surface area contributed by atoms with Crippen LogP contribution < -0.4 is 14.2 Å². The van der Waals surface area contributed by atoms with Crippen molar-refractivity contribution in [3.8, 4) is 23.0 Å². The summed E-state index contributed by atoms with van der Waals surface area (Å²) in [4.78, 5) is 12.6. The molecule has 2 rings (SSSR count). The highest BCUT2D eigenvalue weighted by atomic mass is 16.5. The van der Waals surface area contributed by atoms with Gasteiger partial charge >= 0.3 is 0 Å². The first kappa shape index (κ1) is 18.4. The molecule has 0 atom stereocenters. The highest BCUT2D eigenvalue weighted by molar-refractivity contribution is 6.08. The van der Waals surface area contributed by atoms with Crippen LogP contribution in [0.25, 0.3) is 6.08 Å². The van der Waals surface area contributed by atoms with Crippen LogP contribution in [0.1, 0.15) is 29.8 Å². The minimum atomic E-state index is -0.193. The third kappa shape index (κ3) is 4.76. The molecular formula is C20H22O5. The molecule has 0 saturated heterocycles. The maximum atomic E-state index is 12.6. The van der Waals surface area contributed by atoms with Crippen molar-refractivity contribution >= 4 is 11.9 Å². The highest BCUT2D eigenvalue weighted by Crippen LogP contribution is 2.28. The zero-order valence-electron chi connectivity index (χ0n) is 14.6. The molecule has 0 heterocycles. The summed E-state index contributed by atoms with van der Waals surface area (Å²) in [5.74, 6) is 1.54. The number of ketones is 1. The molecule has 0 radical (unpaired) electrons. The van der Waals surface area contributed by atoms with Gasteiger partial charge in [-0.15, -0.1) is 0 Å². The van der Waals surface area contributed by atoms with E-state index in [4.69, 9.17) is 14.2 Å². The molecule has 0 aliphatic heterocycles. The van der Waals surface area contributed by atoms with Crippen molar-refractivity contribution in [2.75, 3.05) is 20.3 Å². The number of phenols is 1. The molecule has 0 fully saturated rings. The minimum absolute atomic E-state index is 0.112. The van der Waals surface area contributed by atoms with E-state index in [1.807, 2.05) is 13.8 Å². The summed E-state index contributed by atoms with van der Waals surface area (Å²) in [5, 5.41) is 9.56. The van der Waals surface area contributed by atoms with E-state index in [9.17, 15) is 9.90 Å². The molecule has 2 aromatic carbocycles. The first-order valence-corrected chi connectivity index (χ1v) is 8.08. The maximum absolute atomic E-state index is 12.6. The molecule has 0 amide bonds. The van der Waals surface area contributed by atoms with Crippen LogP contribution in [0.4, 0.5) is 0 Å². The van der Waals surface area contributed by atoms with E-state index in [1.165, 1.54) is 12.1 Å².